The third kappa shape index (κ3) is 2.40. The van der Waals surface area contributed by atoms with E-state index in [1.165, 1.54) is 17.7 Å². The van der Waals surface area contributed by atoms with Gasteiger partial charge in [-0.05, 0) is 38.3 Å². The number of fused-ring (bicyclic) bond motifs is 2. The van der Waals surface area contributed by atoms with Crippen molar-refractivity contribution in [2.24, 2.45) is 0 Å². The average Bonchev–Trinajstić information content (AvgIpc) is 3.29. The van der Waals surface area contributed by atoms with Gasteiger partial charge in [-0.15, -0.1) is 15.3 Å². The monoisotopic (exact) mass is 336 g/mol. The highest BCUT2D eigenvalue weighted by atomic mass is 15.4. The van der Waals surface area contributed by atoms with Crippen LogP contribution >= 0.6 is 0 Å². The van der Waals surface area contributed by atoms with Crippen LogP contribution in [0, 0.1) is 0 Å². The van der Waals surface area contributed by atoms with Gasteiger partial charge < -0.3 is 9.80 Å². The number of nitrogens with zero attached hydrogens (tertiary/aromatic N) is 8. The second kappa shape index (κ2) is 5.65. The van der Waals surface area contributed by atoms with Crippen LogP contribution in [0.25, 0.3) is 5.65 Å². The summed E-state index contributed by atoms with van der Waals surface area (Å²) in [4.78, 5) is 13.8. The summed E-state index contributed by atoms with van der Waals surface area (Å²) in [6.45, 7) is 5.03. The van der Waals surface area contributed by atoms with Crippen LogP contribution in [0.2, 0.25) is 0 Å². The smallest absolute Gasteiger partial charge is 0.177 e. The van der Waals surface area contributed by atoms with Crippen LogP contribution in [0.3, 0.4) is 0 Å². The van der Waals surface area contributed by atoms with Crippen LogP contribution in [-0.4, -0.2) is 55.5 Å². The SMILES string of the molecule is C[C@H]1CN(c2ncnc3c2CCC3)CCN1c1ccc2nncn2n1. The van der Waals surface area contributed by atoms with Crippen molar-refractivity contribution in [3.05, 3.63) is 36.0 Å². The Bertz CT molecular complexity index is 920. The number of anilines is 2. The highest BCUT2D eigenvalue weighted by Gasteiger charge is 2.28. The molecule has 3 aromatic rings. The summed E-state index contributed by atoms with van der Waals surface area (Å²) in [5.74, 6) is 2.10. The molecule has 0 unspecified atom stereocenters. The first-order valence-corrected chi connectivity index (χ1v) is 8.81. The predicted molar refractivity (Wildman–Crippen MR) is 93.9 cm³/mol. The molecule has 0 aromatic carbocycles. The molecular formula is C17H20N8. The van der Waals surface area contributed by atoms with Gasteiger partial charge in [-0.25, -0.2) is 9.97 Å². The van der Waals surface area contributed by atoms with Gasteiger partial charge in [0, 0.05) is 36.9 Å². The molecule has 1 atom stereocenters. The van der Waals surface area contributed by atoms with Gasteiger partial charge in [0.05, 0.1) is 0 Å². The maximum atomic E-state index is 4.64. The van der Waals surface area contributed by atoms with Crippen molar-refractivity contribution in [2.75, 3.05) is 29.4 Å². The van der Waals surface area contributed by atoms with E-state index in [4.69, 9.17) is 0 Å². The predicted octanol–water partition coefficient (Wildman–Crippen LogP) is 1.12. The van der Waals surface area contributed by atoms with Gasteiger partial charge in [0.15, 0.2) is 5.65 Å². The fourth-order valence-corrected chi connectivity index (χ4v) is 3.98. The first kappa shape index (κ1) is 14.6. The summed E-state index contributed by atoms with van der Waals surface area (Å²) < 4.78 is 1.73. The van der Waals surface area contributed by atoms with Gasteiger partial charge in [0.25, 0.3) is 0 Å². The van der Waals surface area contributed by atoms with Gasteiger partial charge in [-0.3, -0.25) is 0 Å². The zero-order valence-corrected chi connectivity index (χ0v) is 14.2. The van der Waals surface area contributed by atoms with E-state index < -0.39 is 0 Å². The molecule has 8 heteroatoms. The first-order valence-electron chi connectivity index (χ1n) is 8.81. The van der Waals surface area contributed by atoms with Gasteiger partial charge in [-0.1, -0.05) is 0 Å². The highest BCUT2D eigenvalue weighted by Crippen LogP contribution is 2.30. The number of piperazine rings is 1. The van der Waals surface area contributed by atoms with Crippen molar-refractivity contribution in [3.63, 3.8) is 0 Å². The van der Waals surface area contributed by atoms with Gasteiger partial charge in [0.1, 0.15) is 24.3 Å². The molecule has 128 valence electrons. The van der Waals surface area contributed by atoms with Crippen molar-refractivity contribution in [2.45, 2.75) is 32.2 Å². The number of hydrogen-bond acceptors (Lipinski definition) is 7. The molecule has 4 heterocycles. The maximum Gasteiger partial charge on any atom is 0.177 e. The Hall–Kier alpha value is -2.77. The van der Waals surface area contributed by atoms with E-state index >= 15 is 0 Å². The number of hydrogen-bond donors (Lipinski definition) is 0. The summed E-state index contributed by atoms with van der Waals surface area (Å²) in [5, 5.41) is 12.6. The molecule has 0 saturated carbocycles. The van der Waals surface area contributed by atoms with E-state index in [1.54, 1.807) is 17.2 Å². The summed E-state index contributed by atoms with van der Waals surface area (Å²) in [5.41, 5.74) is 3.36. The van der Waals surface area contributed by atoms with E-state index in [2.05, 4.69) is 42.0 Å². The van der Waals surface area contributed by atoms with Crippen LogP contribution in [0.15, 0.2) is 24.8 Å². The molecule has 3 aromatic heterocycles. The third-order valence-corrected chi connectivity index (χ3v) is 5.22. The molecule has 1 aliphatic carbocycles. The van der Waals surface area contributed by atoms with E-state index in [1.807, 2.05) is 12.1 Å². The molecule has 5 rings (SSSR count). The van der Waals surface area contributed by atoms with E-state index in [0.717, 1.165) is 49.8 Å². The van der Waals surface area contributed by atoms with Crippen molar-refractivity contribution in [1.82, 2.24) is 29.8 Å². The van der Waals surface area contributed by atoms with Crippen molar-refractivity contribution in [1.29, 1.82) is 0 Å². The van der Waals surface area contributed by atoms with Crippen LogP contribution in [-0.2, 0) is 12.8 Å². The average molecular weight is 336 g/mol. The Morgan fingerprint density at radius 1 is 1.12 bits per heavy atom. The molecule has 1 fully saturated rings. The molecule has 25 heavy (non-hydrogen) atoms. The van der Waals surface area contributed by atoms with Crippen molar-refractivity contribution < 1.29 is 0 Å². The molecule has 0 spiro atoms. The fraction of sp³-hybridized carbons (Fsp3) is 0.471. The molecule has 2 aliphatic rings. The van der Waals surface area contributed by atoms with Crippen molar-refractivity contribution >= 4 is 17.3 Å². The molecule has 0 amide bonds. The molecular weight excluding hydrogens is 316 g/mol. The minimum absolute atomic E-state index is 0.349. The Morgan fingerprint density at radius 2 is 2.08 bits per heavy atom. The maximum absolute atomic E-state index is 4.64. The topological polar surface area (TPSA) is 75.3 Å². The minimum atomic E-state index is 0.349. The normalized spacial score (nSPS) is 20.3. The molecule has 0 radical (unpaired) electrons. The minimum Gasteiger partial charge on any atom is -0.352 e. The lowest BCUT2D eigenvalue weighted by atomic mass is 10.1. The largest absolute Gasteiger partial charge is 0.352 e. The Labute approximate surface area is 145 Å². The third-order valence-electron chi connectivity index (χ3n) is 5.22. The summed E-state index contributed by atoms with van der Waals surface area (Å²) in [6.07, 6.45) is 6.75. The summed E-state index contributed by atoms with van der Waals surface area (Å²) in [7, 11) is 0. The van der Waals surface area contributed by atoms with Gasteiger partial charge in [0.2, 0.25) is 0 Å². The first-order chi connectivity index (χ1) is 12.3. The van der Waals surface area contributed by atoms with Gasteiger partial charge >= 0.3 is 0 Å². The van der Waals surface area contributed by atoms with Crippen molar-refractivity contribution in [3.8, 4) is 0 Å². The fourth-order valence-electron chi connectivity index (χ4n) is 3.98. The quantitative estimate of drug-likeness (QED) is 0.694. The Balaban J connectivity index is 1.39. The zero-order chi connectivity index (χ0) is 16.8. The number of aryl methyl sites for hydroxylation is 1. The van der Waals surface area contributed by atoms with Crippen LogP contribution in [0.4, 0.5) is 11.6 Å². The molecule has 0 bridgehead atoms. The van der Waals surface area contributed by atoms with Crippen LogP contribution in [0.5, 0.6) is 0 Å². The highest BCUT2D eigenvalue weighted by molar-refractivity contribution is 5.53. The second-order valence-corrected chi connectivity index (χ2v) is 6.79. The molecule has 0 N–H and O–H groups in total. The van der Waals surface area contributed by atoms with E-state index in [-0.39, 0.29) is 0 Å². The molecule has 1 saturated heterocycles. The van der Waals surface area contributed by atoms with E-state index in [0.29, 0.717) is 6.04 Å². The van der Waals surface area contributed by atoms with Crippen LogP contribution < -0.4 is 9.80 Å². The van der Waals surface area contributed by atoms with Gasteiger partial charge in [-0.2, -0.15) is 4.52 Å². The number of rotatable bonds is 2. The second-order valence-electron chi connectivity index (χ2n) is 6.79. The lowest BCUT2D eigenvalue weighted by molar-refractivity contribution is 0.538. The summed E-state index contributed by atoms with van der Waals surface area (Å²) in [6, 6.07) is 4.34. The Morgan fingerprint density at radius 3 is 3.00 bits per heavy atom. The number of aromatic nitrogens is 6. The lowest BCUT2D eigenvalue weighted by Gasteiger charge is -2.41. The summed E-state index contributed by atoms with van der Waals surface area (Å²) >= 11 is 0. The molecule has 1 aliphatic heterocycles. The standard InChI is InChI=1S/C17H20N8/c1-12-9-23(17-13-3-2-4-14(13)18-10-19-17)7-8-24(12)16-6-5-15-21-20-11-25(15)22-16/h5-6,10-12H,2-4,7-9H2,1H3/t12-/m0/s1. The Kier molecular flexibility index (Phi) is 3.29. The zero-order valence-electron chi connectivity index (χ0n) is 14.2. The van der Waals surface area contributed by atoms with E-state index in [9.17, 15) is 0 Å². The lowest BCUT2D eigenvalue weighted by Crippen LogP contribution is -2.53. The van der Waals surface area contributed by atoms with Crippen LogP contribution in [0.1, 0.15) is 24.6 Å². The molecule has 8 nitrogen and oxygen atoms in total.